The van der Waals surface area contributed by atoms with Gasteiger partial charge in [0.15, 0.2) is 0 Å². The largest absolute Gasteiger partial charge is 0.500 e. The van der Waals surface area contributed by atoms with Crippen molar-refractivity contribution in [3.05, 3.63) is 12.2 Å². The van der Waals surface area contributed by atoms with E-state index in [1.54, 1.807) is 0 Å². The Kier molecular flexibility index (Phi) is 17.8. The fraction of sp³-hybridized carbons (Fsp3) is 0.769. The highest BCUT2D eigenvalue weighted by molar-refractivity contribution is 6.60. The maximum atomic E-state index is 9.60. The second kappa shape index (κ2) is 14.7. The van der Waals surface area contributed by atoms with Crippen LogP contribution in [0.1, 0.15) is 41.0 Å². The number of carbonyl (C=O) groups is 1. The number of rotatable bonds is 9. The zero-order valence-corrected chi connectivity index (χ0v) is 14.3. The zero-order valence-electron chi connectivity index (χ0n) is 13.3. The zero-order chi connectivity index (χ0) is 15.3. The molecule has 20 heavy (non-hydrogen) atoms. The molecule has 0 saturated heterocycles. The van der Waals surface area contributed by atoms with Gasteiger partial charge in [-0.05, 0) is 27.7 Å². The molecule has 7 heteroatoms. The Morgan fingerprint density at radius 2 is 1.35 bits per heavy atom. The third-order valence-corrected chi connectivity index (χ3v) is 5.31. The molecule has 0 fully saturated rings. The predicted octanol–water partition coefficient (Wildman–Crippen LogP) is 2.27. The lowest BCUT2D eigenvalue weighted by atomic mass is 10.4. The molecule has 0 aromatic heterocycles. The van der Waals surface area contributed by atoms with Crippen LogP contribution in [0.15, 0.2) is 12.2 Å². The molecule has 0 unspecified atom stereocenters. The first-order valence-electron chi connectivity index (χ1n) is 6.69. The maximum Gasteiger partial charge on any atom is 0.500 e. The van der Waals surface area contributed by atoms with Gasteiger partial charge in [0.25, 0.3) is 0 Å². The molecule has 0 aliphatic rings. The van der Waals surface area contributed by atoms with E-state index >= 15 is 0 Å². The van der Waals surface area contributed by atoms with E-state index in [1.165, 1.54) is 6.92 Å². The molecule has 3 N–H and O–H groups in total. The van der Waals surface area contributed by atoms with E-state index in [9.17, 15) is 4.79 Å². The Morgan fingerprint density at radius 1 is 1.05 bits per heavy atom. The van der Waals surface area contributed by atoms with Crippen LogP contribution in [0, 0.1) is 0 Å². The summed E-state index contributed by atoms with van der Waals surface area (Å²) in [6.45, 7) is 14.7. The molecule has 0 atom stereocenters. The Hall–Kier alpha value is -0.733. The lowest BCUT2D eigenvalue weighted by molar-refractivity contribution is -0.132. The molecule has 0 bridgehead atoms. The Bertz CT molecular complexity index is 216. The van der Waals surface area contributed by atoms with E-state index in [4.69, 9.17) is 18.4 Å². The quantitative estimate of drug-likeness (QED) is 0.520. The van der Waals surface area contributed by atoms with Gasteiger partial charge in [0, 0.05) is 31.4 Å². The summed E-state index contributed by atoms with van der Waals surface area (Å²) in [5.74, 6) is -0.935. The molecule has 0 heterocycles. The smallest absolute Gasteiger partial charge is 0.478 e. The van der Waals surface area contributed by atoms with Crippen LogP contribution >= 0.6 is 0 Å². The topological polar surface area (TPSA) is 96.5 Å². The molecule has 0 radical (unpaired) electrons. The predicted molar refractivity (Wildman–Crippen MR) is 81.8 cm³/mol. The summed E-state index contributed by atoms with van der Waals surface area (Å²) in [6.07, 6.45) is 1.05. The average molecular weight is 310 g/mol. The second-order valence-corrected chi connectivity index (χ2v) is 6.55. The minimum Gasteiger partial charge on any atom is -0.478 e. The van der Waals surface area contributed by atoms with Gasteiger partial charge in [0.05, 0.1) is 0 Å². The number of aliphatic carboxylic acids is 1. The van der Waals surface area contributed by atoms with Crippen LogP contribution in [0.4, 0.5) is 0 Å². The van der Waals surface area contributed by atoms with E-state index < -0.39 is 14.8 Å². The number of carboxylic acids is 1. The van der Waals surface area contributed by atoms with Crippen LogP contribution in [0.2, 0.25) is 6.04 Å². The van der Waals surface area contributed by atoms with Crippen LogP contribution in [0.25, 0.3) is 0 Å². The number of carboxylic acid groups (broad SMARTS) is 1. The monoisotopic (exact) mass is 310 g/mol. The summed E-state index contributed by atoms with van der Waals surface area (Å²) in [4.78, 5) is 9.60. The van der Waals surface area contributed by atoms with Crippen LogP contribution in [0.5, 0.6) is 0 Å². The van der Waals surface area contributed by atoms with Crippen molar-refractivity contribution in [2.75, 3.05) is 19.8 Å². The van der Waals surface area contributed by atoms with Crippen molar-refractivity contribution in [1.82, 2.24) is 0 Å². The molecular formula is C13H30O6Si. The molecule has 0 aromatic rings. The molecule has 0 aliphatic heterocycles. The minimum absolute atomic E-state index is 0. The van der Waals surface area contributed by atoms with E-state index in [1.807, 2.05) is 20.8 Å². The van der Waals surface area contributed by atoms with Crippen molar-refractivity contribution in [3.63, 3.8) is 0 Å². The van der Waals surface area contributed by atoms with Gasteiger partial charge >= 0.3 is 14.8 Å². The Morgan fingerprint density at radius 3 is 1.50 bits per heavy atom. The van der Waals surface area contributed by atoms with Crippen molar-refractivity contribution in [3.8, 4) is 0 Å². The third-order valence-electron chi connectivity index (χ3n) is 2.01. The molecular weight excluding hydrogens is 280 g/mol. The summed E-state index contributed by atoms with van der Waals surface area (Å²) >= 11 is 0. The average Bonchev–Trinajstić information content (AvgIpc) is 2.31. The molecule has 0 aliphatic carbocycles. The Balaban J connectivity index is -0.000000352. The fourth-order valence-corrected chi connectivity index (χ4v) is 3.92. The van der Waals surface area contributed by atoms with Crippen molar-refractivity contribution >= 4 is 14.8 Å². The summed E-state index contributed by atoms with van der Waals surface area (Å²) in [5, 5.41) is 7.89. The normalized spacial score (nSPS) is 10.1. The number of hydrogen-bond donors (Lipinski definition) is 1. The van der Waals surface area contributed by atoms with Crippen LogP contribution in [-0.2, 0) is 18.1 Å². The summed E-state index contributed by atoms with van der Waals surface area (Å²) < 4.78 is 16.9. The first-order valence-corrected chi connectivity index (χ1v) is 8.62. The molecule has 0 aromatic carbocycles. The highest BCUT2D eigenvalue weighted by Crippen LogP contribution is 2.17. The van der Waals surface area contributed by atoms with Gasteiger partial charge < -0.3 is 23.9 Å². The van der Waals surface area contributed by atoms with Crippen molar-refractivity contribution in [2.24, 2.45) is 0 Å². The third kappa shape index (κ3) is 12.3. The standard InChI is InChI=1S/C9H22O3Si.C4H6O2.H2O/c1-5-9-13(10-6-2,11-7-3)12-8-4;1-3(2)4(5)6;/h5-9H2,1-4H3;1H2,2H3,(H,5,6);1H2. The lowest BCUT2D eigenvalue weighted by Gasteiger charge is -2.27. The van der Waals surface area contributed by atoms with E-state index in [0.717, 1.165) is 12.5 Å². The summed E-state index contributed by atoms with van der Waals surface area (Å²) in [7, 11) is -2.30. The number of hydrogen-bond acceptors (Lipinski definition) is 4. The maximum absolute atomic E-state index is 9.60. The van der Waals surface area contributed by atoms with Crippen molar-refractivity contribution in [2.45, 2.75) is 47.1 Å². The van der Waals surface area contributed by atoms with Gasteiger partial charge in [-0.2, -0.15) is 0 Å². The Labute approximate surface area is 123 Å². The molecule has 0 rings (SSSR count). The second-order valence-electron chi connectivity index (χ2n) is 3.82. The minimum atomic E-state index is -2.30. The van der Waals surface area contributed by atoms with Gasteiger partial charge in [0.2, 0.25) is 0 Å². The van der Waals surface area contributed by atoms with Crippen LogP contribution in [0.3, 0.4) is 0 Å². The molecule has 122 valence electrons. The van der Waals surface area contributed by atoms with Crippen molar-refractivity contribution in [1.29, 1.82) is 0 Å². The van der Waals surface area contributed by atoms with Crippen LogP contribution < -0.4 is 0 Å². The SMILES string of the molecule is C=C(C)C(=O)O.CCC[Si](OCC)(OCC)OCC.O. The highest BCUT2D eigenvalue weighted by atomic mass is 28.4. The fourth-order valence-electron chi connectivity index (χ4n) is 1.31. The highest BCUT2D eigenvalue weighted by Gasteiger charge is 2.38. The van der Waals surface area contributed by atoms with Crippen molar-refractivity contribution < 1.29 is 28.7 Å². The van der Waals surface area contributed by atoms with Gasteiger partial charge in [-0.3, -0.25) is 0 Å². The molecule has 0 spiro atoms. The van der Waals surface area contributed by atoms with E-state index in [2.05, 4.69) is 13.5 Å². The summed E-state index contributed by atoms with van der Waals surface area (Å²) in [5.41, 5.74) is 0.176. The summed E-state index contributed by atoms with van der Waals surface area (Å²) in [6, 6.07) is 0.919. The van der Waals surface area contributed by atoms with Gasteiger partial charge in [0.1, 0.15) is 0 Å². The van der Waals surface area contributed by atoms with E-state index in [-0.39, 0.29) is 11.0 Å². The van der Waals surface area contributed by atoms with Gasteiger partial charge in [-0.1, -0.05) is 19.9 Å². The van der Waals surface area contributed by atoms with Gasteiger partial charge in [-0.25, -0.2) is 4.79 Å². The van der Waals surface area contributed by atoms with Crippen LogP contribution in [-0.4, -0.2) is 45.2 Å². The first kappa shape index (κ1) is 24.3. The van der Waals surface area contributed by atoms with Gasteiger partial charge in [-0.15, -0.1) is 0 Å². The van der Waals surface area contributed by atoms with E-state index in [0.29, 0.717) is 19.8 Å². The lowest BCUT2D eigenvalue weighted by Crippen LogP contribution is -2.45. The molecule has 0 saturated carbocycles. The molecule has 0 amide bonds. The first-order chi connectivity index (χ1) is 8.89. The molecule has 6 nitrogen and oxygen atoms in total.